The highest BCUT2D eigenvalue weighted by Crippen LogP contribution is 2.30. The van der Waals surface area contributed by atoms with Crippen LogP contribution >= 0.6 is 22.9 Å². The highest BCUT2D eigenvalue weighted by molar-refractivity contribution is 7.13. The summed E-state index contributed by atoms with van der Waals surface area (Å²) in [5.74, 6) is 0. The smallest absolute Gasteiger partial charge is 0.117 e. The average Bonchev–Trinajstić information content (AvgIpc) is 3.08. The van der Waals surface area contributed by atoms with Gasteiger partial charge in [-0.3, -0.25) is 0 Å². The molecule has 0 amide bonds. The van der Waals surface area contributed by atoms with E-state index in [1.54, 1.807) is 16.0 Å². The molecule has 102 valence electrons. The minimum absolute atomic E-state index is 0.146. The molecule has 0 bridgehead atoms. The van der Waals surface area contributed by atoms with Gasteiger partial charge in [0.1, 0.15) is 11.4 Å². The number of aromatic nitrogens is 3. The van der Waals surface area contributed by atoms with Crippen molar-refractivity contribution in [1.29, 1.82) is 0 Å². The predicted octanol–water partition coefficient (Wildman–Crippen LogP) is 3.45. The van der Waals surface area contributed by atoms with Crippen LogP contribution < -0.4 is 0 Å². The second-order valence-corrected chi connectivity index (χ2v) is 5.75. The molecule has 1 aromatic carbocycles. The Labute approximate surface area is 125 Å². The molecule has 3 aromatic rings. The summed E-state index contributed by atoms with van der Waals surface area (Å²) in [6.07, 6.45) is 0. The topological polar surface area (TPSA) is 50.9 Å². The standard InChI is InChI=1S/C14H12ClN3OS/c1-9-4-5-10(15)7-12(9)18-14(11(8-19)16-17-18)13-3-2-6-20-13/h2-7,19H,8H2,1H3. The summed E-state index contributed by atoms with van der Waals surface area (Å²) in [5.41, 5.74) is 3.29. The van der Waals surface area contributed by atoms with E-state index in [4.69, 9.17) is 11.6 Å². The van der Waals surface area contributed by atoms with Crippen molar-refractivity contribution in [2.24, 2.45) is 0 Å². The first-order valence-corrected chi connectivity index (χ1v) is 7.32. The van der Waals surface area contributed by atoms with Crippen LogP contribution in [0.5, 0.6) is 0 Å². The highest BCUT2D eigenvalue weighted by atomic mass is 35.5. The lowest BCUT2D eigenvalue weighted by Crippen LogP contribution is -2.01. The van der Waals surface area contributed by atoms with Crippen molar-refractivity contribution < 1.29 is 5.11 Å². The number of aliphatic hydroxyl groups is 1. The predicted molar refractivity (Wildman–Crippen MR) is 80.3 cm³/mol. The van der Waals surface area contributed by atoms with Gasteiger partial charge in [-0.2, -0.15) is 0 Å². The van der Waals surface area contributed by atoms with E-state index in [0.29, 0.717) is 10.7 Å². The lowest BCUT2D eigenvalue weighted by Gasteiger charge is -2.09. The van der Waals surface area contributed by atoms with Crippen molar-refractivity contribution in [3.8, 4) is 16.3 Å². The number of halogens is 1. The number of hydrogen-bond donors (Lipinski definition) is 1. The zero-order chi connectivity index (χ0) is 14.1. The number of aliphatic hydroxyl groups excluding tert-OH is 1. The van der Waals surface area contributed by atoms with E-state index < -0.39 is 0 Å². The third-order valence-electron chi connectivity index (χ3n) is 3.04. The van der Waals surface area contributed by atoms with Gasteiger partial charge in [-0.25, -0.2) is 4.68 Å². The SMILES string of the molecule is Cc1ccc(Cl)cc1-n1nnc(CO)c1-c1cccs1. The van der Waals surface area contributed by atoms with E-state index in [-0.39, 0.29) is 6.61 Å². The Balaban J connectivity index is 2.25. The Bertz CT molecular complexity index is 737. The molecule has 0 saturated heterocycles. The Morgan fingerprint density at radius 2 is 2.20 bits per heavy atom. The summed E-state index contributed by atoms with van der Waals surface area (Å²) in [5, 5.41) is 20.3. The second kappa shape index (κ2) is 5.36. The Morgan fingerprint density at radius 1 is 1.35 bits per heavy atom. The first kappa shape index (κ1) is 13.3. The molecule has 3 rings (SSSR count). The zero-order valence-electron chi connectivity index (χ0n) is 10.7. The van der Waals surface area contributed by atoms with Crippen molar-refractivity contribution in [2.45, 2.75) is 13.5 Å². The summed E-state index contributed by atoms with van der Waals surface area (Å²) in [6.45, 7) is 1.84. The molecule has 4 nitrogen and oxygen atoms in total. The summed E-state index contributed by atoms with van der Waals surface area (Å²) < 4.78 is 1.73. The molecule has 2 heterocycles. The van der Waals surface area contributed by atoms with E-state index in [1.165, 1.54) is 0 Å². The minimum atomic E-state index is -0.146. The molecule has 0 atom stereocenters. The van der Waals surface area contributed by atoms with E-state index in [0.717, 1.165) is 21.8 Å². The molecular weight excluding hydrogens is 294 g/mol. The van der Waals surface area contributed by atoms with Gasteiger partial charge in [-0.1, -0.05) is 28.9 Å². The fraction of sp³-hybridized carbons (Fsp3) is 0.143. The van der Waals surface area contributed by atoms with Crippen molar-refractivity contribution in [1.82, 2.24) is 15.0 Å². The van der Waals surface area contributed by atoms with Crippen LogP contribution in [-0.2, 0) is 6.61 Å². The maximum Gasteiger partial charge on any atom is 0.117 e. The molecule has 0 saturated carbocycles. The number of benzene rings is 1. The molecule has 0 spiro atoms. The van der Waals surface area contributed by atoms with E-state index in [9.17, 15) is 5.11 Å². The van der Waals surface area contributed by atoms with E-state index >= 15 is 0 Å². The molecule has 0 aliphatic rings. The monoisotopic (exact) mass is 305 g/mol. The fourth-order valence-corrected chi connectivity index (χ4v) is 3.00. The van der Waals surface area contributed by atoms with Gasteiger partial charge in [-0.05, 0) is 36.1 Å². The molecule has 6 heteroatoms. The molecule has 0 aliphatic carbocycles. The summed E-state index contributed by atoms with van der Waals surface area (Å²) >= 11 is 7.66. The van der Waals surface area contributed by atoms with Gasteiger partial charge in [0.2, 0.25) is 0 Å². The third-order valence-corrected chi connectivity index (χ3v) is 4.16. The highest BCUT2D eigenvalue weighted by Gasteiger charge is 2.17. The van der Waals surface area contributed by atoms with Crippen LogP contribution in [0, 0.1) is 6.92 Å². The Hall–Kier alpha value is -1.69. The minimum Gasteiger partial charge on any atom is -0.390 e. The van der Waals surface area contributed by atoms with Crippen LogP contribution in [0.1, 0.15) is 11.3 Å². The van der Waals surface area contributed by atoms with Gasteiger partial charge in [0.05, 0.1) is 17.2 Å². The zero-order valence-corrected chi connectivity index (χ0v) is 12.3. The Kier molecular flexibility index (Phi) is 3.56. The molecule has 1 N–H and O–H groups in total. The summed E-state index contributed by atoms with van der Waals surface area (Å²) in [4.78, 5) is 1.01. The van der Waals surface area contributed by atoms with Gasteiger partial charge < -0.3 is 5.11 Å². The number of thiophene rings is 1. The molecule has 0 aliphatic heterocycles. The number of hydrogen-bond acceptors (Lipinski definition) is 4. The van der Waals surface area contributed by atoms with Crippen molar-refractivity contribution in [3.05, 3.63) is 52.0 Å². The molecule has 0 radical (unpaired) electrons. The number of aryl methyl sites for hydroxylation is 1. The van der Waals surface area contributed by atoms with E-state index in [1.807, 2.05) is 42.6 Å². The molecule has 20 heavy (non-hydrogen) atoms. The van der Waals surface area contributed by atoms with Gasteiger partial charge in [0.15, 0.2) is 0 Å². The van der Waals surface area contributed by atoms with Crippen LogP contribution in [0.3, 0.4) is 0 Å². The van der Waals surface area contributed by atoms with Crippen molar-refractivity contribution >= 4 is 22.9 Å². The first-order chi connectivity index (χ1) is 9.70. The van der Waals surface area contributed by atoms with Gasteiger partial charge in [-0.15, -0.1) is 16.4 Å². The normalized spacial score (nSPS) is 10.9. The lowest BCUT2D eigenvalue weighted by molar-refractivity contribution is 0.277. The Morgan fingerprint density at radius 3 is 2.90 bits per heavy atom. The second-order valence-electron chi connectivity index (χ2n) is 4.36. The van der Waals surface area contributed by atoms with E-state index in [2.05, 4.69) is 10.3 Å². The van der Waals surface area contributed by atoms with Gasteiger partial charge in [0, 0.05) is 5.02 Å². The lowest BCUT2D eigenvalue weighted by atomic mass is 10.2. The third kappa shape index (κ3) is 2.24. The first-order valence-electron chi connectivity index (χ1n) is 6.06. The van der Waals surface area contributed by atoms with Crippen molar-refractivity contribution in [3.63, 3.8) is 0 Å². The van der Waals surface area contributed by atoms with Crippen LogP contribution in [0.15, 0.2) is 35.7 Å². The van der Waals surface area contributed by atoms with Crippen LogP contribution in [0.25, 0.3) is 16.3 Å². The quantitative estimate of drug-likeness (QED) is 0.806. The molecule has 0 unspecified atom stereocenters. The number of rotatable bonds is 3. The maximum absolute atomic E-state index is 9.46. The van der Waals surface area contributed by atoms with Gasteiger partial charge >= 0.3 is 0 Å². The summed E-state index contributed by atoms with van der Waals surface area (Å²) in [7, 11) is 0. The number of nitrogens with zero attached hydrogens (tertiary/aromatic N) is 3. The van der Waals surface area contributed by atoms with Crippen LogP contribution in [0.2, 0.25) is 5.02 Å². The summed E-state index contributed by atoms with van der Waals surface area (Å²) in [6, 6.07) is 9.58. The largest absolute Gasteiger partial charge is 0.390 e. The molecule has 2 aromatic heterocycles. The fourth-order valence-electron chi connectivity index (χ4n) is 2.06. The molecule has 0 fully saturated rings. The van der Waals surface area contributed by atoms with Crippen molar-refractivity contribution in [2.75, 3.05) is 0 Å². The van der Waals surface area contributed by atoms with Crippen LogP contribution in [0.4, 0.5) is 0 Å². The van der Waals surface area contributed by atoms with Crippen LogP contribution in [-0.4, -0.2) is 20.1 Å². The maximum atomic E-state index is 9.46. The molecular formula is C14H12ClN3OS. The van der Waals surface area contributed by atoms with Gasteiger partial charge in [0.25, 0.3) is 0 Å². The average molecular weight is 306 g/mol.